The van der Waals surface area contributed by atoms with E-state index in [0.29, 0.717) is 19.8 Å². The van der Waals surface area contributed by atoms with Crippen LogP contribution in [0.1, 0.15) is 12.8 Å². The summed E-state index contributed by atoms with van der Waals surface area (Å²) in [6, 6.07) is 18.1. The molecule has 2 aromatic heterocycles. The van der Waals surface area contributed by atoms with Crippen LogP contribution in [0.15, 0.2) is 54.6 Å². The van der Waals surface area contributed by atoms with Gasteiger partial charge in [-0.3, -0.25) is 0 Å². The zero-order valence-corrected chi connectivity index (χ0v) is 26.8. The average Bonchev–Trinajstić information content (AvgIpc) is 3.61. The summed E-state index contributed by atoms with van der Waals surface area (Å²) in [5, 5.41) is 0. The average molecular weight is 600 g/mol. The highest BCUT2D eigenvalue weighted by atomic mass is 16.5. The third kappa shape index (κ3) is 8.28. The van der Waals surface area contributed by atoms with E-state index in [9.17, 15) is 0 Å². The molecule has 2 heterocycles. The van der Waals surface area contributed by atoms with E-state index < -0.39 is 0 Å². The van der Waals surface area contributed by atoms with E-state index in [1.165, 1.54) is 0 Å². The van der Waals surface area contributed by atoms with Crippen LogP contribution in [0.5, 0.6) is 17.2 Å². The first-order chi connectivity index (χ1) is 21.2. The number of imidazole rings is 2. The van der Waals surface area contributed by atoms with Gasteiger partial charge in [0.1, 0.15) is 35.5 Å². The number of nitrogens with one attached hydrogen (secondary N) is 2. The summed E-state index contributed by atoms with van der Waals surface area (Å²) < 4.78 is 18.3. The SMILES string of the molecule is CN(C)CCCOc1ccc2nc(-c3ccc(-c4nc5ccc(OCCCN(C)C)cc5[nH]4)c(OCCN(C)C)c3)[nH]c2c1. The normalized spacial score (nSPS) is 11.8. The first kappa shape index (κ1) is 31.3. The van der Waals surface area contributed by atoms with Gasteiger partial charge in [0.25, 0.3) is 0 Å². The fourth-order valence-corrected chi connectivity index (χ4v) is 4.89. The molecule has 0 aliphatic heterocycles. The number of H-pyrrole nitrogens is 2. The van der Waals surface area contributed by atoms with Gasteiger partial charge >= 0.3 is 0 Å². The summed E-state index contributed by atoms with van der Waals surface area (Å²) in [5.74, 6) is 3.93. The minimum Gasteiger partial charge on any atom is -0.493 e. The third-order valence-corrected chi connectivity index (χ3v) is 7.25. The van der Waals surface area contributed by atoms with Crippen LogP contribution in [-0.4, -0.2) is 116 Å². The molecule has 10 heteroatoms. The number of aromatic amines is 2. The lowest BCUT2D eigenvalue weighted by atomic mass is 10.1. The van der Waals surface area contributed by atoms with Crippen LogP contribution in [-0.2, 0) is 0 Å². The Morgan fingerprint density at radius 2 is 1.11 bits per heavy atom. The van der Waals surface area contributed by atoms with Crippen molar-refractivity contribution in [2.24, 2.45) is 0 Å². The molecule has 0 bridgehead atoms. The van der Waals surface area contributed by atoms with Crippen molar-refractivity contribution in [3.05, 3.63) is 54.6 Å². The maximum atomic E-state index is 6.34. The van der Waals surface area contributed by atoms with Crippen LogP contribution in [0.4, 0.5) is 0 Å². The molecule has 234 valence electrons. The number of hydrogen-bond acceptors (Lipinski definition) is 8. The van der Waals surface area contributed by atoms with Crippen LogP contribution < -0.4 is 14.2 Å². The molecule has 0 aliphatic carbocycles. The van der Waals surface area contributed by atoms with Gasteiger partial charge in [-0.25, -0.2) is 9.97 Å². The molecule has 5 rings (SSSR count). The molecule has 44 heavy (non-hydrogen) atoms. The largest absolute Gasteiger partial charge is 0.493 e. The minimum atomic E-state index is 0.545. The third-order valence-electron chi connectivity index (χ3n) is 7.25. The van der Waals surface area contributed by atoms with Gasteiger partial charge in [-0.05, 0) is 91.5 Å². The standard InChI is InChI=1S/C34H45N7O3/c1-39(2)15-7-18-42-25-10-13-28-30(22-25)37-33(35-28)24-9-12-27(32(21-24)44-20-17-41(5)6)34-36-29-14-11-26(23-31(29)38-34)43-19-8-16-40(3)4/h9-14,21-23H,7-8,15-20H2,1-6H3,(H,35,37)(H,36,38). The molecule has 0 amide bonds. The Bertz CT molecular complexity index is 1660. The molecule has 10 nitrogen and oxygen atoms in total. The Hall–Kier alpha value is -4.12. The van der Waals surface area contributed by atoms with Crippen molar-refractivity contribution < 1.29 is 14.2 Å². The van der Waals surface area contributed by atoms with Crippen molar-refractivity contribution in [1.29, 1.82) is 0 Å². The topological polar surface area (TPSA) is 94.8 Å². The van der Waals surface area contributed by atoms with Gasteiger partial charge < -0.3 is 38.9 Å². The van der Waals surface area contributed by atoms with Crippen LogP contribution in [0, 0.1) is 0 Å². The predicted octanol–water partition coefficient (Wildman–Crippen LogP) is 5.37. The lowest BCUT2D eigenvalue weighted by molar-refractivity contribution is 0.262. The van der Waals surface area contributed by atoms with Gasteiger partial charge in [0, 0.05) is 37.3 Å². The van der Waals surface area contributed by atoms with E-state index in [-0.39, 0.29) is 0 Å². The summed E-state index contributed by atoms with van der Waals surface area (Å²) in [6.45, 7) is 4.66. The molecular weight excluding hydrogens is 554 g/mol. The zero-order valence-electron chi connectivity index (χ0n) is 26.8. The smallest absolute Gasteiger partial charge is 0.142 e. The maximum absolute atomic E-state index is 6.34. The summed E-state index contributed by atoms with van der Waals surface area (Å²) in [6.07, 6.45) is 1.94. The summed E-state index contributed by atoms with van der Waals surface area (Å²) in [4.78, 5) is 23.1. The monoisotopic (exact) mass is 599 g/mol. The van der Waals surface area contributed by atoms with Gasteiger partial charge in [-0.15, -0.1) is 0 Å². The van der Waals surface area contributed by atoms with Crippen molar-refractivity contribution in [3.63, 3.8) is 0 Å². The molecule has 2 N–H and O–H groups in total. The summed E-state index contributed by atoms with van der Waals surface area (Å²) >= 11 is 0. The predicted molar refractivity (Wildman–Crippen MR) is 178 cm³/mol. The Labute approximate surface area is 259 Å². The highest BCUT2D eigenvalue weighted by molar-refractivity contribution is 5.84. The quantitative estimate of drug-likeness (QED) is 0.146. The maximum Gasteiger partial charge on any atom is 0.142 e. The van der Waals surface area contributed by atoms with Crippen molar-refractivity contribution in [1.82, 2.24) is 34.6 Å². The van der Waals surface area contributed by atoms with Gasteiger partial charge in [-0.2, -0.15) is 0 Å². The second kappa shape index (κ2) is 14.6. The van der Waals surface area contributed by atoms with Crippen LogP contribution >= 0.6 is 0 Å². The number of fused-ring (bicyclic) bond motifs is 2. The van der Waals surface area contributed by atoms with Crippen LogP contribution in [0.3, 0.4) is 0 Å². The summed E-state index contributed by atoms with van der Waals surface area (Å²) in [5.41, 5.74) is 5.44. The van der Waals surface area contributed by atoms with E-state index in [2.05, 4.69) is 58.9 Å². The first-order valence-corrected chi connectivity index (χ1v) is 15.2. The molecule has 3 aromatic carbocycles. The van der Waals surface area contributed by atoms with Crippen LogP contribution in [0.2, 0.25) is 0 Å². The van der Waals surface area contributed by atoms with E-state index in [1.54, 1.807) is 0 Å². The van der Waals surface area contributed by atoms with Gasteiger partial charge in [0.05, 0.1) is 40.8 Å². The number of hydrogen-bond donors (Lipinski definition) is 2. The lowest BCUT2D eigenvalue weighted by Gasteiger charge is -2.14. The molecule has 0 atom stereocenters. The molecule has 5 aromatic rings. The fourth-order valence-electron chi connectivity index (χ4n) is 4.89. The Kier molecular flexibility index (Phi) is 10.4. The number of aromatic nitrogens is 4. The lowest BCUT2D eigenvalue weighted by Crippen LogP contribution is -2.19. The first-order valence-electron chi connectivity index (χ1n) is 15.2. The number of benzene rings is 3. The van der Waals surface area contributed by atoms with E-state index >= 15 is 0 Å². The van der Waals surface area contributed by atoms with E-state index in [0.717, 1.165) is 94.6 Å². The van der Waals surface area contributed by atoms with Crippen molar-refractivity contribution in [2.45, 2.75) is 12.8 Å². The minimum absolute atomic E-state index is 0.545. The Morgan fingerprint density at radius 1 is 0.568 bits per heavy atom. The molecule has 0 unspecified atom stereocenters. The van der Waals surface area contributed by atoms with Gasteiger partial charge in [-0.1, -0.05) is 6.07 Å². The number of nitrogens with zero attached hydrogens (tertiary/aromatic N) is 5. The van der Waals surface area contributed by atoms with Crippen molar-refractivity contribution in [2.75, 3.05) is 81.7 Å². The highest BCUT2D eigenvalue weighted by Crippen LogP contribution is 2.35. The summed E-state index contributed by atoms with van der Waals surface area (Å²) in [7, 11) is 12.4. The molecule has 0 radical (unpaired) electrons. The Morgan fingerprint density at radius 3 is 1.68 bits per heavy atom. The van der Waals surface area contributed by atoms with Gasteiger partial charge in [0.2, 0.25) is 0 Å². The second-order valence-electron chi connectivity index (χ2n) is 11.9. The molecule has 0 saturated carbocycles. The fraction of sp³-hybridized carbons (Fsp3) is 0.412. The van der Waals surface area contributed by atoms with E-state index in [4.69, 9.17) is 24.2 Å². The Balaban J connectivity index is 1.38. The van der Waals surface area contributed by atoms with Crippen molar-refractivity contribution in [3.8, 4) is 40.0 Å². The molecule has 0 saturated heterocycles. The second-order valence-corrected chi connectivity index (χ2v) is 11.9. The van der Waals surface area contributed by atoms with E-state index in [1.807, 2.05) is 62.6 Å². The highest BCUT2D eigenvalue weighted by Gasteiger charge is 2.16. The van der Waals surface area contributed by atoms with Gasteiger partial charge in [0.15, 0.2) is 0 Å². The van der Waals surface area contributed by atoms with Crippen molar-refractivity contribution >= 4 is 22.1 Å². The molecule has 0 aliphatic rings. The molecule has 0 spiro atoms. The molecule has 0 fully saturated rings. The molecular formula is C34H45N7O3. The van der Waals surface area contributed by atoms with Crippen LogP contribution in [0.25, 0.3) is 44.8 Å². The zero-order chi connectivity index (χ0) is 31.1. The number of rotatable bonds is 16. The number of ether oxygens (including phenoxy) is 3. The number of likely N-dealkylation sites (N-methyl/N-ethyl adjacent to an activating group) is 1.